The lowest BCUT2D eigenvalue weighted by Crippen LogP contribution is -2.58. The van der Waals surface area contributed by atoms with Crippen molar-refractivity contribution in [3.05, 3.63) is 150 Å². The third-order valence-corrected chi connectivity index (χ3v) is 18.9. The first-order valence-corrected chi connectivity index (χ1v) is 36.4. The Kier molecular flexibility index (Phi) is 25.3. The number of benzene rings is 4. The van der Waals surface area contributed by atoms with Crippen LogP contribution in [-0.2, 0) is 52.9 Å². The maximum absolute atomic E-state index is 12.7. The number of nitrogen functional groups attached to an aromatic ring is 1. The number of rotatable bonds is 14. The highest BCUT2D eigenvalue weighted by Gasteiger charge is 2.36. The van der Waals surface area contributed by atoms with Crippen molar-refractivity contribution in [2.24, 2.45) is 11.8 Å². The Labute approximate surface area is 611 Å². The van der Waals surface area contributed by atoms with E-state index >= 15 is 0 Å². The minimum atomic E-state index is -1.06. The van der Waals surface area contributed by atoms with E-state index in [1.807, 2.05) is 152 Å². The van der Waals surface area contributed by atoms with Gasteiger partial charge < -0.3 is 53.8 Å². The Morgan fingerprint density at radius 3 is 1.28 bits per heavy atom. The maximum atomic E-state index is 12.7. The summed E-state index contributed by atoms with van der Waals surface area (Å²) in [6.07, 6.45) is 5.39. The summed E-state index contributed by atoms with van der Waals surface area (Å²) in [7, 11) is 0. The molecule has 4 aliphatic rings. The van der Waals surface area contributed by atoms with Crippen LogP contribution in [0.3, 0.4) is 0 Å². The molecule has 4 aromatic heterocycles. The van der Waals surface area contributed by atoms with Crippen molar-refractivity contribution in [1.29, 1.82) is 0 Å². The normalized spacial score (nSPS) is 18.7. The lowest BCUT2D eigenvalue weighted by Gasteiger charge is -2.47. The van der Waals surface area contributed by atoms with Crippen molar-refractivity contribution >= 4 is 69.6 Å². The fourth-order valence-electron chi connectivity index (χ4n) is 13.9. The first kappa shape index (κ1) is 76.8. The monoisotopic (exact) mass is 1420 g/mol. The van der Waals surface area contributed by atoms with Crippen molar-refractivity contribution < 1.29 is 52.4 Å². The fraction of sp³-hybridized carbons (Fsp3) is 0.487. The largest absolute Gasteiger partial charge is 0.519 e. The van der Waals surface area contributed by atoms with Crippen LogP contribution in [0.5, 0.6) is 0 Å². The van der Waals surface area contributed by atoms with Crippen LogP contribution < -0.4 is 15.5 Å². The molecule has 0 spiro atoms. The number of nitrogens with zero attached hydrogens (tertiary/aromatic N) is 10. The minimum Gasteiger partial charge on any atom is -0.460 e. The smallest absolute Gasteiger partial charge is 0.460 e. The minimum absolute atomic E-state index is 0.205. The topological polar surface area (TPSA) is 269 Å². The molecule has 12 rings (SSSR count). The van der Waals surface area contributed by atoms with E-state index in [4.69, 9.17) is 39.4 Å². The highest BCUT2D eigenvalue weighted by atomic mass is 16.8. The molecule has 4 aliphatic heterocycles. The Morgan fingerprint density at radius 2 is 0.875 bits per heavy atom. The maximum Gasteiger partial charge on any atom is 0.519 e. The molecule has 0 aliphatic carbocycles. The Balaban J connectivity index is 0.000000188. The van der Waals surface area contributed by atoms with Crippen molar-refractivity contribution in [1.82, 2.24) is 50.0 Å². The van der Waals surface area contributed by atoms with Crippen LogP contribution in [0, 0.1) is 11.8 Å². The number of hydrogen-bond acceptors (Lipinski definition) is 20. The van der Waals surface area contributed by atoms with Crippen molar-refractivity contribution in [3.8, 4) is 22.5 Å². The molecule has 0 unspecified atom stereocenters. The van der Waals surface area contributed by atoms with Crippen LogP contribution in [-0.4, -0.2) is 187 Å². The Morgan fingerprint density at radius 1 is 0.481 bits per heavy atom. The van der Waals surface area contributed by atoms with E-state index in [0.717, 1.165) is 169 Å². The molecular formula is C80H105N13O11. The molecule has 4 saturated heterocycles. The Hall–Kier alpha value is -9.81. The third-order valence-electron chi connectivity index (χ3n) is 18.9. The number of pyridine rings is 2. The molecule has 24 nitrogen and oxygen atoms in total. The van der Waals surface area contributed by atoms with E-state index in [-0.39, 0.29) is 24.6 Å². The summed E-state index contributed by atoms with van der Waals surface area (Å²) in [4.78, 5) is 83.0. The predicted octanol–water partition coefficient (Wildman–Crippen LogP) is 14.5. The molecule has 104 heavy (non-hydrogen) atoms. The first-order chi connectivity index (χ1) is 49.5. The SMILES string of the molecule is CC(C)(C)OC(=O)OC(=O)OC(C)(C)C.C[C@@H]1CN(c2cc(-c3n[nH]c4ccc(CC(=O)OC(C)(C)C)cc34)ccn2)C[C@H](C)N1CC1CCN(C(=O)OCc2ccccc2)CC1.C[C@@H]1CN(c2cc(-c3n[nH]c4ccc(N)cc34)ccn2)C[C@H](C)N1CC1CCN(C(=O)OCc2ccccc2)CC1. The number of ether oxygens (including phenoxy) is 6. The standard InChI is InChI=1S/C38H48N6O4.C32H39N7O2.C10H18O5/c1-26-22-43(23-27(2)44(26)24-28-14-17-42(18-15-28)37(46)47-25-29-9-7-6-8-10-29)34-21-31(13-16-39-34)36-32-19-30(11-12-33(32)40-41-36)20-35(45)48-38(3,4)5;1-22-18-38(30-16-26(10-13-34-30)31-28-17-27(33)8-9-29(28)35-36-31)19-23(2)39(22)20-24-11-14-37(15-12-24)32(40)41-21-25-6-4-3-5-7-25;1-9(2,3)14-7(11)13-8(12)15-10(4,5)6/h6-13,16,19,21,26-28H,14-15,17-18,20,22-25H2,1-5H3,(H,40,41);3-10,13,16-17,22-24H,11-12,14-15,18-21,33H2,1-2H3,(H,35,36);1-6H3/t26-,27+;22-,23+;. The van der Waals surface area contributed by atoms with Gasteiger partial charge in [0, 0.05) is 130 Å². The number of likely N-dealkylation sites (tertiary alicyclic amines) is 2. The lowest BCUT2D eigenvalue weighted by molar-refractivity contribution is -0.153. The molecule has 8 heterocycles. The summed E-state index contributed by atoms with van der Waals surface area (Å²) in [5.41, 5.74) is 13.4. The van der Waals surface area contributed by atoms with E-state index in [9.17, 15) is 24.0 Å². The van der Waals surface area contributed by atoms with E-state index in [1.54, 1.807) is 41.5 Å². The average molecular weight is 1420 g/mol. The number of hydrogen-bond donors (Lipinski definition) is 3. The molecule has 4 N–H and O–H groups in total. The van der Waals surface area contributed by atoms with Gasteiger partial charge in [-0.2, -0.15) is 10.2 Å². The van der Waals surface area contributed by atoms with Gasteiger partial charge in [-0.1, -0.05) is 66.7 Å². The van der Waals surface area contributed by atoms with Gasteiger partial charge in [0.15, 0.2) is 0 Å². The van der Waals surface area contributed by atoms with Gasteiger partial charge in [-0.25, -0.2) is 29.1 Å². The number of carbonyl (C=O) groups is 5. The van der Waals surface area contributed by atoms with E-state index in [0.29, 0.717) is 49.2 Å². The number of anilines is 3. The molecule has 0 bridgehead atoms. The number of aromatic amines is 2. The molecular weight excluding hydrogens is 1320 g/mol. The lowest BCUT2D eigenvalue weighted by atomic mass is 9.94. The summed E-state index contributed by atoms with van der Waals surface area (Å²) in [5, 5.41) is 17.5. The van der Waals surface area contributed by atoms with Gasteiger partial charge in [-0.15, -0.1) is 0 Å². The number of fused-ring (bicyclic) bond motifs is 2. The Bertz CT molecular complexity index is 4120. The summed E-state index contributed by atoms with van der Waals surface area (Å²) in [6, 6.07) is 41.2. The summed E-state index contributed by atoms with van der Waals surface area (Å²) in [5.74, 6) is 2.79. The molecule has 4 atom stereocenters. The summed E-state index contributed by atoms with van der Waals surface area (Å²) >= 11 is 0. The highest BCUT2D eigenvalue weighted by Crippen LogP contribution is 2.35. The molecule has 0 radical (unpaired) electrons. The molecule has 8 aromatic rings. The zero-order chi connectivity index (χ0) is 74.5. The van der Waals surface area contributed by atoms with E-state index in [2.05, 4.69) is 84.6 Å². The quantitative estimate of drug-likeness (QED) is 0.0395. The second-order valence-electron chi connectivity index (χ2n) is 31.0. The molecule has 2 amide bonds. The predicted molar refractivity (Wildman–Crippen MR) is 404 cm³/mol. The molecule has 4 aromatic carbocycles. The van der Waals surface area contributed by atoms with Crippen LogP contribution in [0.2, 0.25) is 0 Å². The number of H-pyrrole nitrogens is 2. The van der Waals surface area contributed by atoms with Gasteiger partial charge in [-0.3, -0.25) is 24.8 Å². The molecule has 24 heteroatoms. The number of amides is 2. The second-order valence-corrected chi connectivity index (χ2v) is 31.0. The van der Waals surface area contributed by atoms with Crippen molar-refractivity contribution in [2.45, 2.75) is 176 Å². The van der Waals surface area contributed by atoms with Crippen LogP contribution in [0.1, 0.15) is 132 Å². The fourth-order valence-corrected chi connectivity index (χ4v) is 13.9. The van der Waals surface area contributed by atoms with Crippen LogP contribution >= 0.6 is 0 Å². The number of piperidine rings is 2. The zero-order valence-corrected chi connectivity index (χ0v) is 62.7. The molecule has 4 fully saturated rings. The van der Waals surface area contributed by atoms with Gasteiger partial charge in [0.05, 0.1) is 17.5 Å². The first-order valence-electron chi connectivity index (χ1n) is 36.4. The summed E-state index contributed by atoms with van der Waals surface area (Å²) in [6.45, 7) is 34.2. The van der Waals surface area contributed by atoms with Gasteiger partial charge in [0.25, 0.3) is 0 Å². The number of esters is 1. The van der Waals surface area contributed by atoms with Gasteiger partial charge in [-0.05, 0) is 199 Å². The van der Waals surface area contributed by atoms with E-state index in [1.165, 1.54) is 0 Å². The number of nitrogens with two attached hydrogens (primary N) is 1. The third kappa shape index (κ3) is 21.9. The van der Waals surface area contributed by atoms with Crippen molar-refractivity contribution in [2.75, 3.05) is 81.0 Å². The van der Waals surface area contributed by atoms with Gasteiger partial charge >= 0.3 is 30.5 Å². The van der Waals surface area contributed by atoms with Gasteiger partial charge in [0.1, 0.15) is 53.0 Å². The van der Waals surface area contributed by atoms with Crippen LogP contribution in [0.25, 0.3) is 44.3 Å². The van der Waals surface area contributed by atoms with Crippen LogP contribution in [0.4, 0.5) is 36.5 Å². The number of carbonyl (C=O) groups excluding carboxylic acids is 5. The van der Waals surface area contributed by atoms with Crippen molar-refractivity contribution in [3.63, 3.8) is 0 Å². The summed E-state index contributed by atoms with van der Waals surface area (Å²) < 4.78 is 30.5. The second kappa shape index (κ2) is 34.2. The molecule has 0 saturated carbocycles. The number of aromatic nitrogens is 6. The van der Waals surface area contributed by atoms with E-state index < -0.39 is 29.1 Å². The molecule has 556 valence electrons. The highest BCUT2D eigenvalue weighted by molar-refractivity contribution is 5.96. The number of nitrogens with one attached hydrogen (secondary N) is 2. The number of piperazine rings is 2. The van der Waals surface area contributed by atoms with Crippen LogP contribution in [0.15, 0.2) is 134 Å². The van der Waals surface area contributed by atoms with Gasteiger partial charge in [0.2, 0.25) is 0 Å². The zero-order valence-electron chi connectivity index (χ0n) is 62.7. The average Bonchev–Trinajstić information content (AvgIpc) is 1.27.